The zero-order chi connectivity index (χ0) is 14.7. The van der Waals surface area contributed by atoms with Crippen molar-refractivity contribution in [3.63, 3.8) is 0 Å². The van der Waals surface area contributed by atoms with Gasteiger partial charge in [-0.15, -0.1) is 0 Å². The first kappa shape index (κ1) is 15.1. The number of ketones is 1. The standard InChI is InChI=1S/C16H21F2NO/c1-3-4-12-7-8-19(10-12)11(2)16(20)14-6-5-13(17)9-15(14)18/h5-6,9,11-12H,3-4,7-8,10H2,1-2H3. The lowest BCUT2D eigenvalue weighted by molar-refractivity contribution is 0.0858. The Balaban J connectivity index is 2.05. The third kappa shape index (κ3) is 3.23. The molecular formula is C16H21F2NO. The van der Waals surface area contributed by atoms with Gasteiger partial charge in [0.25, 0.3) is 0 Å². The van der Waals surface area contributed by atoms with Crippen LogP contribution in [0.15, 0.2) is 18.2 Å². The number of nitrogens with zero attached hydrogens (tertiary/aromatic N) is 1. The van der Waals surface area contributed by atoms with E-state index in [0.717, 1.165) is 38.1 Å². The Labute approximate surface area is 118 Å². The summed E-state index contributed by atoms with van der Waals surface area (Å²) in [6.45, 7) is 5.73. The van der Waals surface area contributed by atoms with Crippen LogP contribution in [0.1, 0.15) is 43.5 Å². The Bertz CT molecular complexity index is 489. The fourth-order valence-corrected chi connectivity index (χ4v) is 2.94. The van der Waals surface area contributed by atoms with E-state index in [-0.39, 0.29) is 17.4 Å². The topological polar surface area (TPSA) is 20.3 Å². The van der Waals surface area contributed by atoms with Gasteiger partial charge in [0, 0.05) is 12.6 Å². The number of hydrogen-bond donors (Lipinski definition) is 0. The van der Waals surface area contributed by atoms with Crippen LogP contribution in [0.25, 0.3) is 0 Å². The third-order valence-corrected chi connectivity index (χ3v) is 4.14. The molecule has 0 saturated carbocycles. The van der Waals surface area contributed by atoms with Gasteiger partial charge in [-0.2, -0.15) is 0 Å². The quantitative estimate of drug-likeness (QED) is 0.768. The highest BCUT2D eigenvalue weighted by atomic mass is 19.1. The normalized spacial score (nSPS) is 21.1. The molecule has 0 aliphatic carbocycles. The molecule has 1 aliphatic rings. The minimum Gasteiger partial charge on any atom is -0.293 e. The first-order valence-electron chi connectivity index (χ1n) is 7.26. The predicted molar refractivity (Wildman–Crippen MR) is 74.7 cm³/mol. The van der Waals surface area contributed by atoms with Gasteiger partial charge in [0.2, 0.25) is 0 Å². The van der Waals surface area contributed by atoms with Crippen LogP contribution in [0.5, 0.6) is 0 Å². The summed E-state index contributed by atoms with van der Waals surface area (Å²) < 4.78 is 26.6. The molecule has 4 heteroatoms. The molecule has 20 heavy (non-hydrogen) atoms. The highest BCUT2D eigenvalue weighted by Crippen LogP contribution is 2.24. The molecule has 0 spiro atoms. The number of likely N-dealkylation sites (tertiary alicyclic amines) is 1. The van der Waals surface area contributed by atoms with E-state index < -0.39 is 11.6 Å². The summed E-state index contributed by atoms with van der Waals surface area (Å²) in [4.78, 5) is 14.4. The lowest BCUT2D eigenvalue weighted by atomic mass is 10.0. The summed E-state index contributed by atoms with van der Waals surface area (Å²) in [7, 11) is 0. The Morgan fingerprint density at radius 3 is 2.85 bits per heavy atom. The molecule has 0 bridgehead atoms. The first-order chi connectivity index (χ1) is 9.52. The summed E-state index contributed by atoms with van der Waals surface area (Å²) in [6, 6.07) is 2.79. The number of carbonyl (C=O) groups is 1. The van der Waals surface area contributed by atoms with Gasteiger partial charge in [-0.3, -0.25) is 9.69 Å². The molecule has 1 aromatic rings. The average molecular weight is 281 g/mol. The number of halogens is 2. The maximum absolute atomic E-state index is 13.7. The van der Waals surface area contributed by atoms with Gasteiger partial charge in [-0.1, -0.05) is 13.3 Å². The second-order valence-electron chi connectivity index (χ2n) is 5.60. The van der Waals surface area contributed by atoms with Crippen molar-refractivity contribution >= 4 is 5.78 Å². The van der Waals surface area contributed by atoms with E-state index in [1.165, 1.54) is 12.5 Å². The van der Waals surface area contributed by atoms with E-state index in [1.54, 1.807) is 6.92 Å². The lowest BCUT2D eigenvalue weighted by Crippen LogP contribution is -2.37. The summed E-state index contributed by atoms with van der Waals surface area (Å²) in [5.41, 5.74) is -0.0159. The SMILES string of the molecule is CCCC1CCN(C(C)C(=O)c2ccc(F)cc2F)C1. The molecule has 0 aromatic heterocycles. The molecule has 2 atom stereocenters. The number of Topliss-reactive ketones (excluding diaryl/α,β-unsaturated/α-hetero) is 1. The van der Waals surface area contributed by atoms with Crippen LogP contribution < -0.4 is 0 Å². The molecule has 1 aromatic carbocycles. The largest absolute Gasteiger partial charge is 0.293 e. The van der Waals surface area contributed by atoms with Crippen molar-refractivity contribution in [3.05, 3.63) is 35.4 Å². The lowest BCUT2D eigenvalue weighted by Gasteiger charge is -2.23. The molecule has 2 nitrogen and oxygen atoms in total. The van der Waals surface area contributed by atoms with Crippen LogP contribution in [0, 0.1) is 17.6 Å². The van der Waals surface area contributed by atoms with Crippen LogP contribution in [0.3, 0.4) is 0 Å². The van der Waals surface area contributed by atoms with Crippen LogP contribution >= 0.6 is 0 Å². The number of rotatable bonds is 5. The second-order valence-corrected chi connectivity index (χ2v) is 5.60. The van der Waals surface area contributed by atoms with Gasteiger partial charge in [0.1, 0.15) is 11.6 Å². The molecule has 2 unspecified atom stereocenters. The number of benzene rings is 1. The fourth-order valence-electron chi connectivity index (χ4n) is 2.94. The van der Waals surface area contributed by atoms with Gasteiger partial charge >= 0.3 is 0 Å². The Kier molecular flexibility index (Phi) is 4.86. The number of carbonyl (C=O) groups excluding carboxylic acids is 1. The Morgan fingerprint density at radius 2 is 2.20 bits per heavy atom. The zero-order valence-corrected chi connectivity index (χ0v) is 12.0. The molecule has 1 aliphatic heterocycles. The van der Waals surface area contributed by atoms with E-state index in [1.807, 2.05) is 0 Å². The molecule has 1 saturated heterocycles. The molecule has 0 amide bonds. The minimum absolute atomic E-state index is 0.0159. The van der Waals surface area contributed by atoms with Gasteiger partial charge in [0.05, 0.1) is 11.6 Å². The van der Waals surface area contributed by atoms with E-state index in [4.69, 9.17) is 0 Å². The molecule has 2 rings (SSSR count). The van der Waals surface area contributed by atoms with Crippen molar-refractivity contribution < 1.29 is 13.6 Å². The first-order valence-corrected chi connectivity index (χ1v) is 7.26. The molecule has 1 fully saturated rings. The minimum atomic E-state index is -0.772. The number of hydrogen-bond acceptors (Lipinski definition) is 2. The summed E-state index contributed by atoms with van der Waals surface area (Å²) in [6.07, 6.45) is 3.41. The predicted octanol–water partition coefficient (Wildman–Crippen LogP) is 3.66. The summed E-state index contributed by atoms with van der Waals surface area (Å²) in [5.74, 6) is -1.06. The highest BCUT2D eigenvalue weighted by Gasteiger charge is 2.30. The monoisotopic (exact) mass is 281 g/mol. The van der Waals surface area contributed by atoms with Gasteiger partial charge in [-0.25, -0.2) is 8.78 Å². The second kappa shape index (κ2) is 6.44. The van der Waals surface area contributed by atoms with Crippen molar-refractivity contribution in [1.29, 1.82) is 0 Å². The van der Waals surface area contributed by atoms with Gasteiger partial charge in [0.15, 0.2) is 5.78 Å². The molecule has 0 N–H and O–H groups in total. The van der Waals surface area contributed by atoms with E-state index >= 15 is 0 Å². The highest BCUT2D eigenvalue weighted by molar-refractivity contribution is 6.00. The van der Waals surface area contributed by atoms with E-state index in [9.17, 15) is 13.6 Å². The summed E-state index contributed by atoms with van der Waals surface area (Å²) >= 11 is 0. The maximum atomic E-state index is 13.7. The van der Waals surface area contributed by atoms with Crippen LogP contribution in [-0.4, -0.2) is 29.8 Å². The van der Waals surface area contributed by atoms with Gasteiger partial charge in [-0.05, 0) is 44.4 Å². The third-order valence-electron chi connectivity index (χ3n) is 4.14. The van der Waals surface area contributed by atoms with Crippen LogP contribution in [-0.2, 0) is 0 Å². The molecular weight excluding hydrogens is 260 g/mol. The van der Waals surface area contributed by atoms with Gasteiger partial charge < -0.3 is 0 Å². The van der Waals surface area contributed by atoms with Crippen molar-refractivity contribution in [3.8, 4) is 0 Å². The Hall–Kier alpha value is -1.29. The van der Waals surface area contributed by atoms with Crippen molar-refractivity contribution in [2.24, 2.45) is 5.92 Å². The molecule has 110 valence electrons. The van der Waals surface area contributed by atoms with Crippen molar-refractivity contribution in [2.45, 2.75) is 39.2 Å². The van der Waals surface area contributed by atoms with Crippen LogP contribution in [0.4, 0.5) is 8.78 Å². The van der Waals surface area contributed by atoms with Crippen LogP contribution in [0.2, 0.25) is 0 Å². The van der Waals surface area contributed by atoms with E-state index in [2.05, 4.69) is 11.8 Å². The average Bonchev–Trinajstić information content (AvgIpc) is 2.86. The molecule has 0 radical (unpaired) electrons. The zero-order valence-electron chi connectivity index (χ0n) is 12.0. The van der Waals surface area contributed by atoms with Crippen molar-refractivity contribution in [2.75, 3.05) is 13.1 Å². The maximum Gasteiger partial charge on any atom is 0.182 e. The smallest absolute Gasteiger partial charge is 0.182 e. The molecule has 1 heterocycles. The Morgan fingerprint density at radius 1 is 1.45 bits per heavy atom. The van der Waals surface area contributed by atoms with E-state index in [0.29, 0.717) is 5.92 Å². The fraction of sp³-hybridized carbons (Fsp3) is 0.562. The van der Waals surface area contributed by atoms with Crippen molar-refractivity contribution in [1.82, 2.24) is 4.90 Å². The summed E-state index contributed by atoms with van der Waals surface area (Å²) in [5, 5.41) is 0.